The van der Waals surface area contributed by atoms with Crippen LogP contribution >= 0.6 is 0 Å². The molecule has 0 fully saturated rings. The van der Waals surface area contributed by atoms with Crippen molar-refractivity contribution in [2.24, 2.45) is 0 Å². The van der Waals surface area contributed by atoms with Gasteiger partial charge in [-0.1, -0.05) is 6.92 Å². The number of halogens is 1. The highest BCUT2D eigenvalue weighted by molar-refractivity contribution is 5.96. The van der Waals surface area contributed by atoms with E-state index in [1.54, 1.807) is 37.8 Å². The molecule has 0 bridgehead atoms. The van der Waals surface area contributed by atoms with Crippen molar-refractivity contribution >= 4 is 33.8 Å². The molecule has 0 spiro atoms. The lowest BCUT2D eigenvalue weighted by molar-refractivity contribution is -0.115. The number of anilines is 1. The number of rotatable bonds is 9. The molecule has 6 rings (SSSR count). The van der Waals surface area contributed by atoms with Crippen LogP contribution < -0.4 is 10.1 Å². The third kappa shape index (κ3) is 5.52. The summed E-state index contributed by atoms with van der Waals surface area (Å²) in [5.74, 6) is 0.460. The summed E-state index contributed by atoms with van der Waals surface area (Å²) < 4.78 is 20.4. The molecule has 0 unspecified atom stereocenters. The maximum atomic E-state index is 14.6. The lowest BCUT2D eigenvalue weighted by atomic mass is 10.1. The van der Waals surface area contributed by atoms with E-state index in [0.29, 0.717) is 64.9 Å². The first-order chi connectivity index (χ1) is 20.4. The van der Waals surface area contributed by atoms with E-state index in [-0.39, 0.29) is 5.91 Å². The smallest absolute Gasteiger partial charge is 0.224 e. The van der Waals surface area contributed by atoms with Crippen LogP contribution in [0.2, 0.25) is 0 Å². The van der Waals surface area contributed by atoms with E-state index < -0.39 is 5.82 Å². The Morgan fingerprint density at radius 2 is 1.88 bits per heavy atom. The number of nitrogens with one attached hydrogen (secondary N) is 3. The summed E-state index contributed by atoms with van der Waals surface area (Å²) in [6.07, 6.45) is 7.02. The van der Waals surface area contributed by atoms with Crippen molar-refractivity contribution < 1.29 is 13.9 Å². The number of amides is 1. The second-order valence-corrected chi connectivity index (χ2v) is 10.0. The minimum absolute atomic E-state index is 0.0937. The molecule has 5 heterocycles. The van der Waals surface area contributed by atoms with Gasteiger partial charge in [-0.3, -0.25) is 14.9 Å². The monoisotopic (exact) mass is 565 g/mol. The van der Waals surface area contributed by atoms with Gasteiger partial charge in [0.15, 0.2) is 17.1 Å². The Morgan fingerprint density at radius 3 is 2.71 bits per heavy atom. The number of aromatic amines is 2. The summed E-state index contributed by atoms with van der Waals surface area (Å²) in [7, 11) is 3.90. The van der Waals surface area contributed by atoms with Crippen LogP contribution in [0.1, 0.15) is 13.3 Å². The van der Waals surface area contributed by atoms with Gasteiger partial charge in [-0.15, -0.1) is 0 Å². The molecule has 5 aromatic heterocycles. The number of hydrogen-bond acceptors (Lipinski definition) is 8. The predicted molar refractivity (Wildman–Crippen MR) is 158 cm³/mol. The normalized spacial score (nSPS) is 11.5. The molecule has 12 heteroatoms. The summed E-state index contributed by atoms with van der Waals surface area (Å²) in [6.45, 7) is 2.94. The Labute approximate surface area is 240 Å². The highest BCUT2D eigenvalue weighted by Crippen LogP contribution is 2.33. The molecule has 0 radical (unpaired) electrons. The number of benzene rings is 1. The van der Waals surface area contributed by atoms with E-state index in [1.807, 2.05) is 37.2 Å². The van der Waals surface area contributed by atoms with Gasteiger partial charge in [0.2, 0.25) is 5.91 Å². The van der Waals surface area contributed by atoms with Gasteiger partial charge in [0.05, 0.1) is 22.8 Å². The number of hydrogen-bond donors (Lipinski definition) is 3. The number of H-pyrrole nitrogens is 2. The van der Waals surface area contributed by atoms with Crippen LogP contribution in [0.4, 0.5) is 10.1 Å². The number of carbonyl (C=O) groups excluding carboxylic acids is 1. The minimum Gasteiger partial charge on any atom is -0.492 e. The van der Waals surface area contributed by atoms with Crippen molar-refractivity contribution in [2.75, 3.05) is 32.6 Å². The highest BCUT2D eigenvalue weighted by Gasteiger charge is 2.17. The van der Waals surface area contributed by atoms with Crippen molar-refractivity contribution in [1.29, 1.82) is 0 Å². The molecule has 1 amide bonds. The largest absolute Gasteiger partial charge is 0.492 e. The Kier molecular flexibility index (Phi) is 7.28. The first-order valence-electron chi connectivity index (χ1n) is 13.4. The Bertz CT molecular complexity index is 1910. The van der Waals surface area contributed by atoms with Gasteiger partial charge in [-0.2, -0.15) is 5.10 Å². The predicted octanol–water partition coefficient (Wildman–Crippen LogP) is 5.05. The number of ether oxygens (including phenoxy) is 1. The Hall–Kier alpha value is -5.23. The average molecular weight is 566 g/mol. The summed E-state index contributed by atoms with van der Waals surface area (Å²) in [6, 6.07) is 10.2. The SMILES string of the molecule is CCC(=O)Nc1cncc(-c2cnc3n[nH]c(-c4nc5nccc(-c6cc(F)cc(OCCN(C)C)c6)c5[nH]4)c3c2)c1. The van der Waals surface area contributed by atoms with Gasteiger partial charge in [0.1, 0.15) is 23.9 Å². The molecule has 0 aliphatic heterocycles. The average Bonchev–Trinajstić information content (AvgIpc) is 3.60. The standard InChI is InChI=1S/C30H28FN9O2/c1-4-25(41)35-21-10-18(14-32-16-21)19-12-24-27(38-39-28(24)34-15-19)30-36-26-23(5-6-33-29(26)37-30)17-9-20(31)13-22(11-17)42-8-7-40(2)3/h5-6,9-16H,4,7-8H2,1-3H3,(H,35,41)(H,33,36,37)(H,34,38,39). The molecule has 0 aliphatic rings. The number of aromatic nitrogens is 7. The van der Waals surface area contributed by atoms with Crippen LogP contribution in [0.5, 0.6) is 5.75 Å². The van der Waals surface area contributed by atoms with E-state index in [1.165, 1.54) is 12.1 Å². The number of carbonyl (C=O) groups is 1. The van der Waals surface area contributed by atoms with Crippen molar-refractivity contribution in [1.82, 2.24) is 40.0 Å². The first kappa shape index (κ1) is 27.0. The van der Waals surface area contributed by atoms with Gasteiger partial charge in [0.25, 0.3) is 0 Å². The van der Waals surface area contributed by atoms with Crippen LogP contribution in [0, 0.1) is 5.82 Å². The van der Waals surface area contributed by atoms with E-state index >= 15 is 0 Å². The molecule has 0 atom stereocenters. The molecule has 0 saturated heterocycles. The first-order valence-corrected chi connectivity index (χ1v) is 13.4. The van der Waals surface area contributed by atoms with Gasteiger partial charge < -0.3 is 19.9 Å². The van der Waals surface area contributed by atoms with E-state index in [0.717, 1.165) is 22.1 Å². The number of fused-ring (bicyclic) bond motifs is 2. The zero-order valence-corrected chi connectivity index (χ0v) is 23.3. The van der Waals surface area contributed by atoms with Crippen molar-refractivity contribution in [3.05, 3.63) is 67.0 Å². The lowest BCUT2D eigenvalue weighted by Gasteiger charge is -2.12. The second kappa shape index (κ2) is 11.3. The number of nitrogens with zero attached hydrogens (tertiary/aromatic N) is 6. The maximum Gasteiger partial charge on any atom is 0.224 e. The van der Waals surface area contributed by atoms with Gasteiger partial charge in [-0.25, -0.2) is 19.3 Å². The molecule has 42 heavy (non-hydrogen) atoms. The Balaban J connectivity index is 1.36. The minimum atomic E-state index is -0.400. The fourth-order valence-corrected chi connectivity index (χ4v) is 4.57. The summed E-state index contributed by atoms with van der Waals surface area (Å²) in [5, 5.41) is 11.0. The van der Waals surface area contributed by atoms with Crippen LogP contribution in [-0.2, 0) is 4.79 Å². The Morgan fingerprint density at radius 1 is 1.02 bits per heavy atom. The summed E-state index contributed by atoms with van der Waals surface area (Å²) in [5.41, 5.74) is 5.80. The van der Waals surface area contributed by atoms with Gasteiger partial charge in [0, 0.05) is 54.3 Å². The number of pyridine rings is 3. The zero-order valence-electron chi connectivity index (χ0n) is 23.3. The van der Waals surface area contributed by atoms with Crippen LogP contribution in [0.3, 0.4) is 0 Å². The number of likely N-dealkylation sites (N-methyl/N-ethyl adjacent to an activating group) is 1. The molecule has 6 aromatic rings. The fourth-order valence-electron chi connectivity index (χ4n) is 4.57. The van der Waals surface area contributed by atoms with Crippen LogP contribution in [-0.4, -0.2) is 73.2 Å². The molecule has 0 aliphatic carbocycles. The van der Waals surface area contributed by atoms with Crippen LogP contribution in [0.25, 0.3) is 56.0 Å². The highest BCUT2D eigenvalue weighted by atomic mass is 19.1. The maximum absolute atomic E-state index is 14.6. The van der Waals surface area contributed by atoms with Gasteiger partial charge >= 0.3 is 0 Å². The number of imidazole rings is 1. The van der Waals surface area contributed by atoms with E-state index in [9.17, 15) is 9.18 Å². The van der Waals surface area contributed by atoms with Gasteiger partial charge in [-0.05, 0) is 50.0 Å². The molecule has 1 aromatic carbocycles. The molecular weight excluding hydrogens is 537 g/mol. The third-order valence-corrected chi connectivity index (χ3v) is 6.70. The quantitative estimate of drug-likeness (QED) is 0.221. The van der Waals surface area contributed by atoms with Crippen LogP contribution in [0.15, 0.2) is 61.2 Å². The van der Waals surface area contributed by atoms with E-state index in [4.69, 9.17) is 9.72 Å². The zero-order chi connectivity index (χ0) is 29.2. The topological polar surface area (TPSA) is 138 Å². The van der Waals surface area contributed by atoms with Crippen molar-refractivity contribution in [3.63, 3.8) is 0 Å². The molecular formula is C30H28FN9O2. The van der Waals surface area contributed by atoms with Crippen molar-refractivity contribution in [2.45, 2.75) is 13.3 Å². The summed E-state index contributed by atoms with van der Waals surface area (Å²) in [4.78, 5) is 35.1. The molecule has 0 saturated carbocycles. The lowest BCUT2D eigenvalue weighted by Crippen LogP contribution is -2.19. The third-order valence-electron chi connectivity index (χ3n) is 6.70. The second-order valence-electron chi connectivity index (χ2n) is 10.0. The molecule has 11 nitrogen and oxygen atoms in total. The van der Waals surface area contributed by atoms with E-state index in [2.05, 4.69) is 35.5 Å². The fraction of sp³-hybridized carbons (Fsp3) is 0.200. The molecule has 212 valence electrons. The summed E-state index contributed by atoms with van der Waals surface area (Å²) >= 11 is 0. The molecule has 3 N–H and O–H groups in total. The van der Waals surface area contributed by atoms with Crippen molar-refractivity contribution in [3.8, 4) is 39.5 Å².